The van der Waals surface area contributed by atoms with Gasteiger partial charge in [0, 0.05) is 44.8 Å². The fourth-order valence-corrected chi connectivity index (χ4v) is 9.81. The molecule has 4 heterocycles. The molecule has 5 heteroatoms. The van der Waals surface area contributed by atoms with Crippen LogP contribution < -0.4 is 25.9 Å². The highest BCUT2D eigenvalue weighted by atomic mass is 16.5. The van der Waals surface area contributed by atoms with E-state index < -0.39 is 0 Å². The first-order chi connectivity index (χ1) is 29.2. The molecule has 0 fully saturated rings. The molecule has 11 aromatic rings. The first kappa shape index (κ1) is 32.3. The summed E-state index contributed by atoms with van der Waals surface area (Å²) in [6.45, 7) is -0.0527. The molecule has 0 radical (unpaired) electrons. The Hall–Kier alpha value is -7.76. The number of hydrogen-bond donors (Lipinski definition) is 0. The molecule has 0 amide bonds. The number of aromatic nitrogens is 2. The van der Waals surface area contributed by atoms with Gasteiger partial charge in [-0.2, -0.15) is 0 Å². The van der Waals surface area contributed by atoms with Crippen LogP contribution >= 0.6 is 0 Å². The Morgan fingerprint density at radius 3 is 1.27 bits per heavy atom. The molecule has 0 saturated carbocycles. The van der Waals surface area contributed by atoms with Crippen molar-refractivity contribution in [2.45, 2.75) is 0 Å². The maximum atomic E-state index is 7.01. The van der Waals surface area contributed by atoms with Gasteiger partial charge in [0.25, 0.3) is 6.71 Å². The smallest absolute Gasteiger partial charge is 0.260 e. The van der Waals surface area contributed by atoms with E-state index in [9.17, 15) is 0 Å². The van der Waals surface area contributed by atoms with Gasteiger partial charge in [-0.25, -0.2) is 0 Å². The fourth-order valence-electron chi connectivity index (χ4n) is 9.81. The third-order valence-corrected chi connectivity index (χ3v) is 12.4. The van der Waals surface area contributed by atoms with E-state index in [4.69, 9.17) is 9.47 Å². The lowest BCUT2D eigenvalue weighted by molar-refractivity contribution is 0.464. The van der Waals surface area contributed by atoms with Gasteiger partial charge in [-0.3, -0.25) is 0 Å². The Kier molecular flexibility index (Phi) is 6.78. The van der Waals surface area contributed by atoms with Gasteiger partial charge in [-0.15, -0.1) is 0 Å². The predicted octanol–water partition coefficient (Wildman–Crippen LogP) is 11.9. The molecular weight excluding hydrogens is 719 g/mol. The van der Waals surface area contributed by atoms with E-state index in [1.807, 2.05) is 0 Å². The Morgan fingerprint density at radius 1 is 0.305 bits per heavy atom. The zero-order valence-corrected chi connectivity index (χ0v) is 31.8. The van der Waals surface area contributed by atoms with Crippen LogP contribution in [0.5, 0.6) is 23.0 Å². The summed E-state index contributed by atoms with van der Waals surface area (Å²) in [5.41, 5.74) is 14.6. The van der Waals surface area contributed by atoms with E-state index >= 15 is 0 Å². The Morgan fingerprint density at radius 2 is 0.746 bits per heavy atom. The molecule has 4 nitrogen and oxygen atoms in total. The first-order valence-electron chi connectivity index (χ1n) is 20.2. The van der Waals surface area contributed by atoms with Gasteiger partial charge >= 0.3 is 0 Å². The summed E-state index contributed by atoms with van der Waals surface area (Å²) in [6, 6.07) is 71.7. The molecule has 0 aliphatic carbocycles. The quantitative estimate of drug-likeness (QED) is 0.168. The van der Waals surface area contributed by atoms with Gasteiger partial charge in [0.15, 0.2) is 0 Å². The molecule has 0 unspecified atom stereocenters. The van der Waals surface area contributed by atoms with Crippen LogP contribution in [0.25, 0.3) is 77.2 Å². The molecule has 9 aromatic carbocycles. The van der Waals surface area contributed by atoms with Gasteiger partial charge in [0.1, 0.15) is 23.0 Å². The maximum Gasteiger partial charge on any atom is 0.260 e. The van der Waals surface area contributed by atoms with Crippen molar-refractivity contribution in [3.63, 3.8) is 0 Å². The molecule has 0 spiro atoms. The van der Waals surface area contributed by atoms with Crippen molar-refractivity contribution in [3.05, 3.63) is 200 Å². The first-order valence-corrected chi connectivity index (χ1v) is 20.2. The van der Waals surface area contributed by atoms with Crippen LogP contribution in [0.4, 0.5) is 0 Å². The van der Waals surface area contributed by atoms with Crippen molar-refractivity contribution in [2.24, 2.45) is 0 Å². The van der Waals surface area contributed by atoms with E-state index in [1.165, 1.54) is 32.6 Å². The summed E-state index contributed by atoms with van der Waals surface area (Å²) in [7, 11) is 0. The summed E-state index contributed by atoms with van der Waals surface area (Å²) in [6.07, 6.45) is 0. The average molecular weight is 753 g/mol. The molecule has 2 aliphatic heterocycles. The summed E-state index contributed by atoms with van der Waals surface area (Å²) in [5.74, 6) is 3.35. The van der Waals surface area contributed by atoms with Gasteiger partial charge in [-0.1, -0.05) is 140 Å². The van der Waals surface area contributed by atoms with Crippen molar-refractivity contribution in [1.29, 1.82) is 0 Å². The van der Waals surface area contributed by atoms with E-state index in [0.29, 0.717) is 0 Å². The highest BCUT2D eigenvalue weighted by Gasteiger charge is 2.41. The summed E-state index contributed by atoms with van der Waals surface area (Å²) >= 11 is 0. The van der Waals surface area contributed by atoms with Crippen molar-refractivity contribution in [1.82, 2.24) is 9.13 Å². The number of nitrogens with zero attached hydrogens (tertiary/aromatic N) is 2. The number of para-hydroxylation sites is 3. The molecule has 274 valence electrons. The molecule has 0 atom stereocenters. The second-order valence-electron chi connectivity index (χ2n) is 15.7. The lowest BCUT2D eigenvalue weighted by Gasteiger charge is -2.34. The van der Waals surface area contributed by atoms with E-state index in [2.05, 4.69) is 209 Å². The molecule has 0 bridgehead atoms. The number of ether oxygens (including phenoxy) is 2. The lowest BCUT2D eigenvalue weighted by atomic mass is 9.34. The van der Waals surface area contributed by atoms with Crippen LogP contribution in [-0.4, -0.2) is 15.8 Å². The summed E-state index contributed by atoms with van der Waals surface area (Å²) in [4.78, 5) is 0. The largest absolute Gasteiger partial charge is 0.458 e. The highest BCUT2D eigenvalue weighted by molar-refractivity contribution is 6.98. The topological polar surface area (TPSA) is 28.3 Å². The van der Waals surface area contributed by atoms with E-state index in [-0.39, 0.29) is 6.71 Å². The normalized spacial score (nSPS) is 12.6. The van der Waals surface area contributed by atoms with Gasteiger partial charge in [-0.05, 0) is 81.7 Å². The van der Waals surface area contributed by atoms with Crippen LogP contribution in [0.15, 0.2) is 200 Å². The van der Waals surface area contributed by atoms with Crippen LogP contribution in [0.3, 0.4) is 0 Å². The standard InChI is InChI=1S/C54H33BN2O2/c1-3-13-34(14-4-1)36-23-26-44-50(29-36)58-52-32-39(33-53-54(52)55(44)45-27-24-37(30-51(45)59-53)35-15-5-2-6-16-35)57-48-22-12-9-19-42(48)43-31-38(25-28-49(43)57)56-46-20-10-7-17-40(46)41-18-8-11-21-47(41)56/h1-33H. The van der Waals surface area contributed by atoms with Crippen molar-refractivity contribution in [2.75, 3.05) is 0 Å². The Labute approximate surface area is 340 Å². The third-order valence-electron chi connectivity index (χ3n) is 12.4. The highest BCUT2D eigenvalue weighted by Crippen LogP contribution is 2.42. The molecular formula is C54H33BN2O2. The third kappa shape index (κ3) is 4.79. The number of fused-ring (bicyclic) bond motifs is 10. The van der Waals surface area contributed by atoms with Gasteiger partial charge in [0.2, 0.25) is 0 Å². The second-order valence-corrected chi connectivity index (χ2v) is 15.7. The monoisotopic (exact) mass is 752 g/mol. The van der Waals surface area contributed by atoms with Crippen LogP contribution in [0.1, 0.15) is 0 Å². The van der Waals surface area contributed by atoms with Gasteiger partial charge < -0.3 is 18.6 Å². The molecule has 2 aromatic heterocycles. The number of rotatable bonds is 4. The Bertz CT molecular complexity index is 3340. The maximum absolute atomic E-state index is 7.01. The molecule has 59 heavy (non-hydrogen) atoms. The number of benzene rings is 9. The molecule has 0 saturated heterocycles. The van der Waals surface area contributed by atoms with Crippen molar-refractivity contribution < 1.29 is 9.47 Å². The van der Waals surface area contributed by atoms with Crippen LogP contribution in [0.2, 0.25) is 0 Å². The zero-order chi connectivity index (χ0) is 38.6. The van der Waals surface area contributed by atoms with E-state index in [0.717, 1.165) is 84.0 Å². The van der Waals surface area contributed by atoms with Gasteiger partial charge in [0.05, 0.1) is 27.8 Å². The molecule has 13 rings (SSSR count). The lowest BCUT2D eigenvalue weighted by Crippen LogP contribution is -2.57. The Balaban J connectivity index is 1.02. The SMILES string of the molecule is c1ccc(-c2ccc3c(c2)Oc2cc(-n4c5ccccc5c5cc(-n6c7ccccc7c7ccccc76)ccc54)cc4c2B3c2ccc(-c3ccccc3)cc2O4)cc1. The second kappa shape index (κ2) is 12.4. The van der Waals surface area contributed by atoms with Crippen LogP contribution in [-0.2, 0) is 0 Å². The zero-order valence-electron chi connectivity index (χ0n) is 31.8. The predicted molar refractivity (Wildman–Crippen MR) is 244 cm³/mol. The summed E-state index contributed by atoms with van der Waals surface area (Å²) < 4.78 is 18.8. The molecule has 2 aliphatic rings. The average Bonchev–Trinajstić information content (AvgIpc) is 3.81. The summed E-state index contributed by atoms with van der Waals surface area (Å²) in [5, 5.41) is 4.87. The van der Waals surface area contributed by atoms with E-state index in [1.54, 1.807) is 0 Å². The van der Waals surface area contributed by atoms with Crippen LogP contribution in [0, 0.1) is 0 Å². The molecule has 0 N–H and O–H groups in total. The van der Waals surface area contributed by atoms with Crippen molar-refractivity contribution >= 4 is 66.7 Å². The fraction of sp³-hybridized carbons (Fsp3) is 0. The minimum atomic E-state index is -0.0527. The number of hydrogen-bond acceptors (Lipinski definition) is 2. The minimum Gasteiger partial charge on any atom is -0.458 e. The van der Waals surface area contributed by atoms with Crippen molar-refractivity contribution in [3.8, 4) is 56.6 Å². The minimum absolute atomic E-state index is 0.0527.